The van der Waals surface area contributed by atoms with Crippen LogP contribution < -0.4 is 36.3 Å². The molecule has 5 aliphatic rings. The smallest absolute Gasteiger partial charge is 0.411 e. The van der Waals surface area contributed by atoms with E-state index >= 15 is 0 Å². The zero-order valence-electron chi connectivity index (χ0n) is 57.3. The first-order valence-electron chi connectivity index (χ1n) is 31.8. The van der Waals surface area contributed by atoms with Gasteiger partial charge in [0.25, 0.3) is 0 Å². The number of hydrogen-bond acceptors (Lipinski definition) is 28. The summed E-state index contributed by atoms with van der Waals surface area (Å²) in [5.41, 5.74) is 11.6. The van der Waals surface area contributed by atoms with E-state index in [1.807, 2.05) is 62.4 Å². The van der Waals surface area contributed by atoms with Crippen molar-refractivity contribution >= 4 is 90.9 Å². The van der Waals surface area contributed by atoms with Gasteiger partial charge in [0.05, 0.1) is 109 Å². The zero-order valence-corrected chi connectivity index (χ0v) is 61.9. The number of aliphatic hydroxyl groups is 5. The Morgan fingerprint density at radius 3 is 2.21 bits per heavy atom. The summed E-state index contributed by atoms with van der Waals surface area (Å²) in [6, 6.07) is 6.09. The number of ether oxygens (including phenoxy) is 12. The summed E-state index contributed by atoms with van der Waals surface area (Å²) in [6.07, 6.45) is -13.8. The third-order valence-corrected chi connectivity index (χ3v) is 22.7. The van der Waals surface area contributed by atoms with Gasteiger partial charge in [0.2, 0.25) is 23.4 Å². The molecule has 28 nitrogen and oxygen atoms in total. The van der Waals surface area contributed by atoms with Crippen molar-refractivity contribution in [2.24, 2.45) is 22.5 Å². The lowest BCUT2D eigenvalue weighted by atomic mass is 9.80. The highest BCUT2D eigenvalue weighted by atomic mass is 127. The minimum absolute atomic E-state index is 0.00674. The highest BCUT2D eigenvalue weighted by Gasteiger charge is 2.52. The number of Topliss-reactive ketones (excluding diaryl/α,β-unsaturated/α-hetero) is 1. The number of methoxy groups -OCH3 is 5. The molecule has 19 atom stereocenters. The predicted molar refractivity (Wildman–Crippen MR) is 375 cm³/mol. The largest absolute Gasteiger partial charge is 0.492 e. The number of oxime groups is 1. The minimum atomic E-state index is -2.31. The Morgan fingerprint density at radius 1 is 0.908 bits per heavy atom. The van der Waals surface area contributed by atoms with Gasteiger partial charge in [0.1, 0.15) is 36.2 Å². The van der Waals surface area contributed by atoms with Crippen LogP contribution in [0.25, 0.3) is 0 Å². The maximum absolute atomic E-state index is 14.5. The molecular formula is C66H93IN6O22S3. The molecule has 4 saturated heterocycles. The molecule has 98 heavy (non-hydrogen) atoms. The number of amides is 3. The molecule has 4 fully saturated rings. The van der Waals surface area contributed by atoms with Gasteiger partial charge >= 0.3 is 12.1 Å². The Morgan fingerprint density at radius 2 is 1.60 bits per heavy atom. The molecule has 2 aromatic carbocycles. The van der Waals surface area contributed by atoms with E-state index in [1.165, 1.54) is 51.5 Å². The third-order valence-electron chi connectivity index (χ3n) is 16.8. The number of urea groups is 1. The summed E-state index contributed by atoms with van der Waals surface area (Å²) < 4.78 is 73.0. The number of likely N-dealkylation sites (N-methyl/N-ethyl adjacent to an activating group) is 1. The lowest BCUT2D eigenvalue weighted by Crippen LogP contribution is -2.60. The molecule has 0 spiro atoms. The van der Waals surface area contributed by atoms with Crippen molar-refractivity contribution in [2.75, 3.05) is 59.8 Å². The molecule has 544 valence electrons. The number of halogens is 1. The Balaban J connectivity index is 1.16. The monoisotopic (exact) mass is 1540 g/mol. The van der Waals surface area contributed by atoms with E-state index in [1.54, 1.807) is 74.6 Å². The number of nitrogens with two attached hydrogens (primary N) is 2. The van der Waals surface area contributed by atoms with Crippen molar-refractivity contribution in [3.8, 4) is 29.1 Å². The molecule has 0 aromatic heterocycles. The van der Waals surface area contributed by atoms with Crippen LogP contribution in [0.4, 0.5) is 15.3 Å². The Kier molecular flexibility index (Phi) is 29.8. The van der Waals surface area contributed by atoms with Gasteiger partial charge in [-0.2, -0.15) is 0 Å². The highest BCUT2D eigenvalue weighted by Crippen LogP contribution is 2.49. The summed E-state index contributed by atoms with van der Waals surface area (Å²) >= 11 is 2.80. The number of hydrogen-bond donors (Lipinski definition) is 9. The summed E-state index contributed by atoms with van der Waals surface area (Å²) in [7, 11) is 9.68. The fourth-order valence-corrected chi connectivity index (χ4v) is 15.6. The van der Waals surface area contributed by atoms with Crippen LogP contribution in [0.3, 0.4) is 0 Å². The molecule has 4 aliphatic heterocycles. The van der Waals surface area contributed by atoms with E-state index in [9.17, 15) is 44.7 Å². The maximum atomic E-state index is 14.5. The summed E-state index contributed by atoms with van der Waals surface area (Å²) in [4.78, 5) is 63.1. The van der Waals surface area contributed by atoms with Crippen LogP contribution in [0.1, 0.15) is 96.1 Å². The fraction of sp³-hybridized carbons (Fsp3) is 0.621. The van der Waals surface area contributed by atoms with E-state index in [4.69, 9.17) is 73.1 Å². The number of anilines is 1. The number of thioether (sulfide) groups is 1. The number of nitrogens with zero attached hydrogens (tertiary/aromatic N) is 2. The van der Waals surface area contributed by atoms with E-state index < -0.39 is 145 Å². The Bertz CT molecular complexity index is 3260. The average molecular weight is 1550 g/mol. The van der Waals surface area contributed by atoms with Crippen molar-refractivity contribution in [1.29, 1.82) is 0 Å². The number of aliphatic hydroxyl groups excluding tert-OH is 4. The van der Waals surface area contributed by atoms with Crippen molar-refractivity contribution < 1.29 is 106 Å². The maximum Gasteiger partial charge on any atom is 0.411 e. The predicted octanol–water partition coefficient (Wildman–Crippen LogP) is 5.77. The second-order valence-electron chi connectivity index (χ2n) is 24.7. The molecule has 0 saturated carbocycles. The molecule has 11 N–H and O–H groups in total. The molecule has 1 aliphatic carbocycles. The number of allylic oxidation sites excluding steroid dienone is 3. The molecule has 2 aromatic rings. The van der Waals surface area contributed by atoms with Gasteiger partial charge in [0.15, 0.2) is 29.9 Å². The van der Waals surface area contributed by atoms with Crippen LogP contribution in [0.5, 0.6) is 17.2 Å². The second-order valence-corrected chi connectivity index (χ2v) is 30.1. The van der Waals surface area contributed by atoms with E-state index in [2.05, 4.69) is 27.6 Å². The number of alkyl carbamates (subject to hydrolysis) is 1. The average Bonchev–Trinajstić information content (AvgIpc) is 0.764. The number of nitrogens with one attached hydrogen (secondary N) is 2. The van der Waals surface area contributed by atoms with Crippen LogP contribution in [0.2, 0.25) is 0 Å². The molecule has 3 amide bonds. The third kappa shape index (κ3) is 19.7. The SMILES string of the molecule is C/C=C\C#C[C@H](O[C@@H]1O[C@H](C)C(/C=N/O[C@H]2C[C@H](O)[C@H](SC(=O)c3c(C)c(I)c(O[C@@H]4O[C@@H](C)[C@H](O)[C@@H](OC)[C@H]4O)c(OC)c3OC)[C@@H](C)O2)[C@H](O)[C@H]1O[C@H]1C[C@H](OC)[C@@H](N(CC)C(=O)Nc2ccc(CN)cc2)CO1)C1=C(NC(=O)OC)C(=O)C[C@](N)(O)/C1=C/CSSC(C)(C)C. The first-order valence-corrected chi connectivity index (χ1v) is 36.1. The van der Waals surface area contributed by atoms with Gasteiger partial charge in [-0.25, -0.2) is 9.59 Å². The van der Waals surface area contributed by atoms with Gasteiger partial charge in [0, 0.05) is 67.5 Å². The molecule has 0 bridgehead atoms. The van der Waals surface area contributed by atoms with E-state index in [-0.39, 0.29) is 76.1 Å². The van der Waals surface area contributed by atoms with E-state index in [0.717, 1.165) is 24.4 Å². The van der Waals surface area contributed by atoms with Crippen molar-refractivity contribution in [1.82, 2.24) is 10.2 Å². The number of ketones is 1. The van der Waals surface area contributed by atoms with Gasteiger partial charge in [-0.15, -0.1) is 0 Å². The minimum Gasteiger partial charge on any atom is -0.492 e. The first-order chi connectivity index (χ1) is 46.5. The lowest BCUT2D eigenvalue weighted by molar-refractivity contribution is -0.327. The van der Waals surface area contributed by atoms with Crippen LogP contribution in [-0.4, -0.2) is 228 Å². The standard InChI is InChI=1S/C66H93IN6O22S3/c1-15-17-18-19-43(48-39(24-25-96-98-65(7,8)9)66(69,82)28-42(75)50(48)72-64(81)87-14)92-62-57(93-45-27-44(83-10)40(31-88-45)73(16-2)63(80)71-37-22-20-36(29-68)21-23-37)52(77)38(33(4)90-62)30-70-95-46-26-41(74)59(35(6)89-46)97-60(79)47-32(3)49(67)55(58(86-13)54(47)84-11)94-61-53(78)56(85-12)51(76)34(5)91-61/h15,17,20-24,30,33-35,38,40-41,43-46,51-53,56-57,59,61-62,74,76-78,82H,16,25-29,31,68-69H2,1-14H3,(H,71,80)(H,72,81)/b17-15-,39-24+,70-30+/t33-,34+,35-,38?,40+,41+,43+,44+,45+,46+,51+,52+,53-,56-,57-,59-,61+,62+,66+/m1/s1. The Labute approximate surface area is 597 Å². The Hall–Kier alpha value is -4.85. The first kappa shape index (κ1) is 80.5. The molecule has 0 radical (unpaired) electrons. The summed E-state index contributed by atoms with van der Waals surface area (Å²) in [6.45, 7) is 16.7. The molecular weight excluding hydrogens is 1450 g/mol. The van der Waals surface area contributed by atoms with Crippen LogP contribution in [0.15, 0.2) is 64.5 Å². The van der Waals surface area contributed by atoms with Crippen molar-refractivity contribution in [3.63, 3.8) is 0 Å². The van der Waals surface area contributed by atoms with Gasteiger partial charge in [-0.1, -0.05) is 95.4 Å². The quantitative estimate of drug-likeness (QED) is 0.0115. The van der Waals surface area contributed by atoms with E-state index in [0.29, 0.717) is 21.4 Å². The number of carbonyl (C=O) groups is 4. The molecule has 4 heterocycles. The van der Waals surface area contributed by atoms with Crippen LogP contribution >= 0.6 is 55.9 Å². The normalized spacial score (nSPS) is 31.5. The summed E-state index contributed by atoms with van der Waals surface area (Å²) in [5.74, 6) is 4.46. The lowest BCUT2D eigenvalue weighted by Gasteiger charge is -2.46. The topological polar surface area (TPSA) is 381 Å². The highest BCUT2D eigenvalue weighted by molar-refractivity contribution is 14.1. The van der Waals surface area contributed by atoms with Gasteiger partial charge < -0.3 is 103 Å². The second kappa shape index (κ2) is 36.3. The molecule has 32 heteroatoms. The molecule has 1 unspecified atom stereocenters. The molecule has 7 rings (SSSR count). The number of benzene rings is 2. The van der Waals surface area contributed by atoms with Crippen LogP contribution in [-0.2, 0) is 58.8 Å². The van der Waals surface area contributed by atoms with Gasteiger partial charge in [-0.05, 0) is 93.5 Å². The fourth-order valence-electron chi connectivity index (χ4n) is 11.7. The summed E-state index contributed by atoms with van der Waals surface area (Å²) in [5, 5.41) is 66.5. The zero-order chi connectivity index (χ0) is 72.1. The number of carbonyl (C=O) groups excluding carboxylic acids is 4. The van der Waals surface area contributed by atoms with Crippen molar-refractivity contribution in [3.05, 3.63) is 79.6 Å². The number of rotatable bonds is 24. The van der Waals surface area contributed by atoms with Crippen molar-refractivity contribution in [2.45, 2.75) is 202 Å². The van der Waals surface area contributed by atoms with Crippen LogP contribution in [0, 0.1) is 28.3 Å². The van der Waals surface area contributed by atoms with Gasteiger partial charge in [-0.3, -0.25) is 20.6 Å².